The molecule has 0 aromatic heterocycles. The minimum Gasteiger partial charge on any atom is -0.544 e. The van der Waals surface area contributed by atoms with Gasteiger partial charge in [-0.2, -0.15) is 0 Å². The number of amides is 4. The quantitative estimate of drug-likeness (QED) is 0.0116. The third-order valence-electron chi connectivity index (χ3n) is 20.3. The molecule has 0 bridgehead atoms. The lowest BCUT2D eigenvalue weighted by molar-refractivity contribution is -0.423. The molecule has 6 aliphatic rings. The van der Waals surface area contributed by atoms with Gasteiger partial charge in [0, 0.05) is 40.5 Å². The number of hydrogen-bond acceptors (Lipinski definition) is 40. The second kappa shape index (κ2) is 45.7. The molecule has 34 atom stereocenters. The van der Waals surface area contributed by atoms with E-state index in [1.807, 2.05) is 0 Å². The van der Waals surface area contributed by atoms with Gasteiger partial charge in [0.25, 0.3) is 0 Å². The standard InChI is InChI=1S/C69H116N4O40/c1-6-7-8-9-10-11-12-13-14-15-16-17-18-19-35(85)34(70-29-80)28-101-63-54(95)52(93)56(42(26-78)105-63)107-65-55(96)61(57(43(27-79)106-65)108-62-46(73-32(4)83)58(48(89)40(24-76)103-62)109-64-53(94)51(92)47(88)38(22-74)104-64)113-69(67(99)100)21-37(87)45(72-31(3)82)60(112-69)50(91)41(25-77)110-68(66(97)98)20-36(86)44(71-30(2)81)59(111-68)49(90)39(23-75)102-33(5)84/h18-19,29,34-65,74-79,85-96H,6-17,20-28H2,1-5H3,(H,70,80)(H,71,81)(H,72,82)(H,73,83)(H,97,98)(H,99,100)/p-2/b19-18+/t34-,35+,36-,37-,38+,39+,40+,41+,42+,43+,44+,45+,46+,47-,48-,49+,50+,51-,52+,53+,54+,55+,56+,57-,58+,59+,60+,61+,62-,63+,64-,65-,68+,69-/m0/s1. The summed E-state index contributed by atoms with van der Waals surface area (Å²) in [6, 6.07) is -7.30. The zero-order valence-electron chi connectivity index (χ0n) is 63.1. The van der Waals surface area contributed by atoms with Crippen LogP contribution in [0.4, 0.5) is 0 Å². The highest BCUT2D eigenvalue weighted by Gasteiger charge is 2.62. The van der Waals surface area contributed by atoms with Crippen LogP contribution in [0.5, 0.6) is 0 Å². The topological polar surface area (TPSA) is 698 Å². The molecule has 44 nitrogen and oxygen atoms in total. The molecule has 6 aliphatic heterocycles. The van der Waals surface area contributed by atoms with Gasteiger partial charge in [-0.3, -0.25) is 24.0 Å². The molecular weight excluding hydrogens is 1520 g/mol. The fourth-order valence-corrected chi connectivity index (χ4v) is 14.4. The van der Waals surface area contributed by atoms with E-state index in [1.54, 1.807) is 6.08 Å². The van der Waals surface area contributed by atoms with Crippen LogP contribution in [0.1, 0.15) is 125 Å². The summed E-state index contributed by atoms with van der Waals surface area (Å²) in [5, 5.41) is 240. The molecule has 0 spiro atoms. The molecule has 0 unspecified atom stereocenters. The van der Waals surface area contributed by atoms with Gasteiger partial charge in [-0.25, -0.2) is 0 Å². The van der Waals surface area contributed by atoms with Gasteiger partial charge in [-0.15, -0.1) is 0 Å². The highest BCUT2D eigenvalue weighted by molar-refractivity contribution is 5.76. The zero-order valence-corrected chi connectivity index (χ0v) is 63.1. The molecule has 0 aromatic carbocycles. The first-order chi connectivity index (χ1) is 53.6. The molecule has 44 heteroatoms. The Morgan fingerprint density at radius 1 is 0.496 bits per heavy atom. The summed E-state index contributed by atoms with van der Waals surface area (Å²) in [5.41, 5.74) is 0. The molecule has 0 aromatic rings. The summed E-state index contributed by atoms with van der Waals surface area (Å²) < 4.78 is 75.8. The van der Waals surface area contributed by atoms with E-state index in [4.69, 9.17) is 61.6 Å². The van der Waals surface area contributed by atoms with Gasteiger partial charge in [0.2, 0.25) is 35.7 Å². The van der Waals surface area contributed by atoms with Gasteiger partial charge in [-0.05, 0) is 12.8 Å². The van der Waals surface area contributed by atoms with E-state index >= 15 is 0 Å². The van der Waals surface area contributed by atoms with Crippen LogP contribution in [0.3, 0.4) is 0 Å². The summed E-state index contributed by atoms with van der Waals surface area (Å²) in [6.45, 7) is -2.65. The van der Waals surface area contributed by atoms with Gasteiger partial charge < -0.3 is 195 Å². The van der Waals surface area contributed by atoms with Crippen LogP contribution in [-0.2, 0) is 95.1 Å². The van der Waals surface area contributed by atoms with Crippen molar-refractivity contribution in [2.45, 2.75) is 332 Å². The smallest absolute Gasteiger partial charge is 0.303 e. The Morgan fingerprint density at radius 2 is 0.938 bits per heavy atom. The van der Waals surface area contributed by atoms with Crippen molar-refractivity contribution in [3.05, 3.63) is 12.2 Å². The van der Waals surface area contributed by atoms with Crippen LogP contribution in [0.2, 0.25) is 0 Å². The molecular formula is C69H114N4O40-2. The van der Waals surface area contributed by atoms with Gasteiger partial charge >= 0.3 is 5.97 Å². The number of hydrogen-bond donors (Lipinski definition) is 22. The van der Waals surface area contributed by atoms with E-state index in [0.717, 1.165) is 59.8 Å². The molecule has 0 saturated carbocycles. The number of allylic oxidation sites excluding steroid dienone is 1. The molecule has 0 aliphatic carbocycles. The van der Waals surface area contributed by atoms with E-state index in [-0.39, 0.29) is 6.41 Å². The van der Waals surface area contributed by atoms with Gasteiger partial charge in [0.05, 0.1) is 82.7 Å². The van der Waals surface area contributed by atoms with Crippen molar-refractivity contribution in [1.29, 1.82) is 0 Å². The van der Waals surface area contributed by atoms with Crippen molar-refractivity contribution in [3.8, 4) is 0 Å². The zero-order chi connectivity index (χ0) is 83.9. The highest BCUT2D eigenvalue weighted by Crippen LogP contribution is 2.43. The van der Waals surface area contributed by atoms with Gasteiger partial charge in [0.15, 0.2) is 31.3 Å². The highest BCUT2D eigenvalue weighted by atomic mass is 16.8. The lowest BCUT2D eigenvalue weighted by atomic mass is 9.87. The maximum Gasteiger partial charge on any atom is 0.303 e. The summed E-state index contributed by atoms with van der Waals surface area (Å²) in [5.74, 6) is -16.7. The minimum atomic E-state index is -3.83. The van der Waals surface area contributed by atoms with E-state index in [2.05, 4.69) is 28.2 Å². The molecule has 6 rings (SSSR count). The van der Waals surface area contributed by atoms with Crippen LogP contribution >= 0.6 is 0 Å². The number of carboxylic acids is 2. The number of ether oxygens (including phenoxy) is 13. The molecule has 22 N–H and O–H groups in total. The van der Waals surface area contributed by atoms with Crippen molar-refractivity contribution >= 4 is 42.0 Å². The van der Waals surface area contributed by atoms with Crippen LogP contribution < -0.4 is 31.5 Å². The third kappa shape index (κ3) is 25.2. The average molecular weight is 1640 g/mol. The Hall–Kier alpha value is -5.17. The fourth-order valence-electron chi connectivity index (χ4n) is 14.4. The minimum absolute atomic E-state index is 0.258. The number of carboxylic acid groups (broad SMARTS) is 2. The predicted molar refractivity (Wildman–Crippen MR) is 366 cm³/mol. The van der Waals surface area contributed by atoms with Crippen molar-refractivity contribution in [1.82, 2.24) is 21.3 Å². The first-order valence-corrected chi connectivity index (χ1v) is 37.6. The fraction of sp³-hybridized carbons (Fsp3) is 0.870. The maximum atomic E-state index is 14.2. The Morgan fingerprint density at radius 3 is 1.45 bits per heavy atom. The Kier molecular flexibility index (Phi) is 39.1. The van der Waals surface area contributed by atoms with Crippen molar-refractivity contribution < 1.29 is 197 Å². The molecule has 6 fully saturated rings. The van der Waals surface area contributed by atoms with Crippen LogP contribution in [0.15, 0.2) is 12.2 Å². The van der Waals surface area contributed by atoms with Crippen molar-refractivity contribution in [2.75, 3.05) is 46.2 Å². The number of rotatable bonds is 45. The number of unbranched alkanes of at least 4 members (excludes halogenated alkanes) is 11. The summed E-state index contributed by atoms with van der Waals surface area (Å²) in [7, 11) is 0. The largest absolute Gasteiger partial charge is 0.544 e. The van der Waals surface area contributed by atoms with Gasteiger partial charge in [-0.1, -0.05) is 83.3 Å². The normalized spacial score (nSPS) is 37.9. The van der Waals surface area contributed by atoms with Crippen LogP contribution in [0, 0.1) is 0 Å². The predicted octanol–water partition coefficient (Wildman–Crippen LogP) is -12.6. The lowest BCUT2D eigenvalue weighted by Crippen LogP contribution is -2.74. The van der Waals surface area contributed by atoms with Crippen LogP contribution in [-0.4, -0.2) is 388 Å². The monoisotopic (exact) mass is 1640 g/mol. The second-order valence-electron chi connectivity index (χ2n) is 28.8. The second-order valence-corrected chi connectivity index (χ2v) is 28.8. The number of nitrogens with one attached hydrogen (secondary N) is 4. The van der Waals surface area contributed by atoms with Crippen molar-refractivity contribution in [3.63, 3.8) is 0 Å². The summed E-state index contributed by atoms with van der Waals surface area (Å²) >= 11 is 0. The molecule has 4 amide bonds. The van der Waals surface area contributed by atoms with E-state index in [0.29, 0.717) is 6.42 Å². The Labute approximate surface area is 649 Å². The number of esters is 1. The number of aliphatic hydroxyl groups is 18. The number of carbonyl (C=O) groups excluding carboxylic acids is 7. The Bertz CT molecular complexity index is 2970. The third-order valence-corrected chi connectivity index (χ3v) is 20.3. The van der Waals surface area contributed by atoms with Gasteiger partial charge in [0.1, 0.15) is 140 Å². The molecule has 6 heterocycles. The molecule has 6 saturated heterocycles. The Balaban J connectivity index is 1.38. The van der Waals surface area contributed by atoms with E-state index in [9.17, 15) is 136 Å². The lowest BCUT2D eigenvalue weighted by Gasteiger charge is -2.54. The summed E-state index contributed by atoms with van der Waals surface area (Å²) in [4.78, 5) is 90.0. The molecule has 652 valence electrons. The molecule has 113 heavy (non-hydrogen) atoms. The summed E-state index contributed by atoms with van der Waals surface area (Å²) in [6.07, 6.45) is -49.7. The van der Waals surface area contributed by atoms with E-state index < -0.39 is 302 Å². The van der Waals surface area contributed by atoms with Crippen LogP contribution in [0.25, 0.3) is 0 Å². The first kappa shape index (κ1) is 96.7. The molecule has 0 radical (unpaired) electrons. The number of carbonyl (C=O) groups is 7. The SMILES string of the molecule is CCCCCCCCCCCCC/C=C/[C@@H](O)[C@H](CO[C@@H]1O[C@H](CO)[C@@H](O[C@@H]2O[C@H](CO)[C@H](O[C@@H]3O[C@H](CO)[C@H](O)[C@H](O[C@@H]4O[C@H](CO)[C@H](O)[C@H](O)[C@H]4O)[C@H]3NC(C)=O)[C@H](O[C@]3(C(=O)[O-])C[C@H](O)[C@@H](NC(C)=O)[C@H]([C@H](O)[C@@H](CO)O[C@]4(C(=O)[O-])C[C@H](O)[C@@H](NC(C)=O)[C@H]([C@H](O)[C@@H](CO)OC(C)=O)O4)O3)[C@H]2O)[C@H](O)[C@H]1O)NC=O. The maximum absolute atomic E-state index is 14.2. The van der Waals surface area contributed by atoms with Crippen molar-refractivity contribution in [2.24, 2.45) is 0 Å². The average Bonchev–Trinajstić information content (AvgIpc) is 0.749. The number of aliphatic carboxylic acids is 2. The van der Waals surface area contributed by atoms with E-state index in [1.165, 1.54) is 44.6 Å². The first-order valence-electron chi connectivity index (χ1n) is 37.6. The number of aliphatic hydroxyl groups excluding tert-OH is 18.